The fourth-order valence-corrected chi connectivity index (χ4v) is 3.81. The monoisotopic (exact) mass is 420 g/mol. The van der Waals surface area contributed by atoms with Gasteiger partial charge >= 0.3 is 5.97 Å². The highest BCUT2D eigenvalue weighted by atomic mass is 35.5. The van der Waals surface area contributed by atoms with E-state index in [4.69, 9.17) is 16.4 Å². The number of allylic oxidation sites excluding steroid dienone is 2. The summed E-state index contributed by atoms with van der Waals surface area (Å²) in [5.74, 6) is -2.79. The van der Waals surface area contributed by atoms with Crippen molar-refractivity contribution in [2.24, 2.45) is 17.3 Å². The molecule has 0 aromatic heterocycles. The topological polar surface area (TPSA) is 95.9 Å². The number of aliphatic carboxylic acids is 1. The Hall–Kier alpha value is -2.38. The smallest absolute Gasteiger partial charge is 0.307 e. The van der Waals surface area contributed by atoms with E-state index in [0.29, 0.717) is 35.7 Å². The second-order valence-corrected chi connectivity index (χ2v) is 8.74. The predicted molar refractivity (Wildman–Crippen MR) is 108 cm³/mol. The number of anilines is 1. The van der Waals surface area contributed by atoms with Gasteiger partial charge in [0, 0.05) is 10.7 Å². The third-order valence-corrected chi connectivity index (χ3v) is 5.77. The minimum absolute atomic E-state index is 0.105. The number of halogens is 1. The van der Waals surface area contributed by atoms with Crippen LogP contribution in [-0.4, -0.2) is 34.6 Å². The molecule has 2 atom stereocenters. The Balaban J connectivity index is 1.69. The Morgan fingerprint density at radius 1 is 1.34 bits per heavy atom. The lowest BCUT2D eigenvalue weighted by Crippen LogP contribution is -2.35. The van der Waals surface area contributed by atoms with Crippen molar-refractivity contribution < 1.29 is 24.3 Å². The van der Waals surface area contributed by atoms with E-state index in [1.807, 2.05) is 26.8 Å². The van der Waals surface area contributed by atoms with Gasteiger partial charge in [-0.2, -0.15) is 0 Å². The van der Waals surface area contributed by atoms with E-state index in [9.17, 15) is 19.5 Å². The molecule has 1 saturated heterocycles. The van der Waals surface area contributed by atoms with Crippen molar-refractivity contribution >= 4 is 35.1 Å². The minimum atomic E-state index is -0.972. The summed E-state index contributed by atoms with van der Waals surface area (Å²) < 4.78 is 0. The number of carbonyl (C=O) groups is 3. The molecule has 0 spiro atoms. The zero-order chi connectivity index (χ0) is 21.3. The van der Waals surface area contributed by atoms with Crippen molar-refractivity contribution in [2.45, 2.75) is 40.2 Å². The molecule has 0 saturated carbocycles. The average molecular weight is 421 g/mol. The molecule has 3 rings (SSSR count). The van der Waals surface area contributed by atoms with Gasteiger partial charge in [-0.05, 0) is 51.3 Å². The summed E-state index contributed by atoms with van der Waals surface area (Å²) in [5.41, 5.74) is 1.62. The summed E-state index contributed by atoms with van der Waals surface area (Å²) >= 11 is 6.35. The van der Waals surface area contributed by atoms with Crippen molar-refractivity contribution in [2.75, 3.05) is 11.9 Å². The van der Waals surface area contributed by atoms with Crippen LogP contribution in [0.4, 0.5) is 5.69 Å². The molecule has 1 aliphatic heterocycles. The second-order valence-electron chi connectivity index (χ2n) is 8.34. The van der Waals surface area contributed by atoms with E-state index >= 15 is 0 Å². The van der Waals surface area contributed by atoms with Gasteiger partial charge < -0.3 is 10.4 Å². The molecular weight excluding hydrogens is 396 g/mol. The SMILES string of the molecule is CC1=CC[C@@H](C(=O)O)[C@H](C(=O)Nc2ccc(CN3OCC(C)(C)C3=O)c(Cl)c2)C1. The van der Waals surface area contributed by atoms with Crippen molar-refractivity contribution in [1.82, 2.24) is 5.06 Å². The molecule has 156 valence electrons. The van der Waals surface area contributed by atoms with Gasteiger partial charge in [-0.25, -0.2) is 5.06 Å². The van der Waals surface area contributed by atoms with E-state index in [1.165, 1.54) is 5.06 Å². The van der Waals surface area contributed by atoms with Gasteiger partial charge in [0.2, 0.25) is 5.91 Å². The van der Waals surface area contributed by atoms with Crippen LogP contribution in [0.5, 0.6) is 0 Å². The van der Waals surface area contributed by atoms with Gasteiger partial charge in [0.25, 0.3) is 5.91 Å². The average Bonchev–Trinajstić information content (AvgIpc) is 2.90. The summed E-state index contributed by atoms with van der Waals surface area (Å²) in [4.78, 5) is 41.9. The third kappa shape index (κ3) is 4.62. The Labute approximate surface area is 174 Å². The Bertz CT molecular complexity index is 880. The van der Waals surface area contributed by atoms with Gasteiger partial charge in [0.1, 0.15) is 0 Å². The predicted octanol–water partition coefficient (Wildman–Crippen LogP) is 3.64. The molecule has 7 nitrogen and oxygen atoms in total. The number of amides is 2. The van der Waals surface area contributed by atoms with Gasteiger partial charge in [0.15, 0.2) is 0 Å². The van der Waals surface area contributed by atoms with Gasteiger partial charge in [-0.1, -0.05) is 29.3 Å². The number of rotatable bonds is 5. The fourth-order valence-electron chi connectivity index (χ4n) is 3.57. The van der Waals surface area contributed by atoms with Crippen molar-refractivity contribution in [3.05, 3.63) is 40.4 Å². The number of carboxylic acids is 1. The Kier molecular flexibility index (Phi) is 6.00. The van der Waals surface area contributed by atoms with Crippen LogP contribution in [0.15, 0.2) is 29.8 Å². The minimum Gasteiger partial charge on any atom is -0.481 e. The summed E-state index contributed by atoms with van der Waals surface area (Å²) in [5, 5.41) is 13.9. The standard InChI is InChI=1S/C21H25ClN2O5/c1-12-4-7-15(19(26)27)16(8-12)18(25)23-14-6-5-13(17(22)9-14)10-24-20(28)21(2,3)11-29-24/h4-6,9,15-16H,7-8,10-11H2,1-3H3,(H,23,25)(H,26,27)/t15-,16-/m1/s1. The molecule has 1 fully saturated rings. The largest absolute Gasteiger partial charge is 0.481 e. The Morgan fingerprint density at radius 3 is 2.66 bits per heavy atom. The summed E-state index contributed by atoms with van der Waals surface area (Å²) in [6, 6.07) is 5.01. The van der Waals surface area contributed by atoms with E-state index in [0.717, 1.165) is 5.57 Å². The normalized spacial score (nSPS) is 23.7. The first-order chi connectivity index (χ1) is 13.6. The first-order valence-corrected chi connectivity index (χ1v) is 9.89. The highest BCUT2D eigenvalue weighted by Gasteiger charge is 2.40. The van der Waals surface area contributed by atoms with E-state index < -0.39 is 23.2 Å². The highest BCUT2D eigenvalue weighted by Crippen LogP contribution is 2.33. The molecule has 1 heterocycles. The Morgan fingerprint density at radius 2 is 2.07 bits per heavy atom. The summed E-state index contributed by atoms with van der Waals surface area (Å²) in [6.07, 6.45) is 2.63. The third-order valence-electron chi connectivity index (χ3n) is 5.42. The molecule has 0 unspecified atom stereocenters. The van der Waals surface area contributed by atoms with Crippen LogP contribution in [0, 0.1) is 17.3 Å². The van der Waals surface area contributed by atoms with Crippen LogP contribution in [0.2, 0.25) is 5.02 Å². The van der Waals surface area contributed by atoms with Crippen molar-refractivity contribution in [3.63, 3.8) is 0 Å². The van der Waals surface area contributed by atoms with Crippen LogP contribution in [0.1, 0.15) is 39.2 Å². The molecule has 29 heavy (non-hydrogen) atoms. The van der Waals surface area contributed by atoms with Crippen molar-refractivity contribution in [3.8, 4) is 0 Å². The number of benzene rings is 1. The fraction of sp³-hybridized carbons (Fsp3) is 0.476. The molecule has 1 aliphatic carbocycles. The lowest BCUT2D eigenvalue weighted by molar-refractivity contribution is -0.165. The molecule has 2 N–H and O–H groups in total. The molecular formula is C21H25ClN2O5. The number of carbonyl (C=O) groups excluding carboxylic acids is 2. The number of nitrogens with zero attached hydrogens (tertiary/aromatic N) is 1. The van der Waals surface area contributed by atoms with Crippen molar-refractivity contribution in [1.29, 1.82) is 0 Å². The molecule has 1 aromatic carbocycles. The number of hydrogen-bond acceptors (Lipinski definition) is 4. The lowest BCUT2D eigenvalue weighted by Gasteiger charge is -2.26. The zero-order valence-corrected chi connectivity index (χ0v) is 17.5. The maximum atomic E-state index is 12.7. The molecule has 0 bridgehead atoms. The van der Waals surface area contributed by atoms with Crippen LogP contribution in [-0.2, 0) is 25.8 Å². The van der Waals surface area contributed by atoms with Crippen LogP contribution in [0.3, 0.4) is 0 Å². The summed E-state index contributed by atoms with van der Waals surface area (Å²) in [6.45, 7) is 6.07. The molecule has 2 aliphatic rings. The first kappa shape index (κ1) is 21.3. The summed E-state index contributed by atoms with van der Waals surface area (Å²) in [7, 11) is 0. The van der Waals surface area contributed by atoms with Gasteiger partial charge in [-0.3, -0.25) is 19.2 Å². The van der Waals surface area contributed by atoms with Gasteiger partial charge in [-0.15, -0.1) is 0 Å². The maximum absolute atomic E-state index is 12.7. The van der Waals surface area contributed by atoms with Crippen LogP contribution < -0.4 is 5.32 Å². The number of nitrogens with one attached hydrogen (secondary N) is 1. The second kappa shape index (κ2) is 8.16. The molecule has 8 heteroatoms. The lowest BCUT2D eigenvalue weighted by atomic mass is 9.79. The maximum Gasteiger partial charge on any atom is 0.307 e. The van der Waals surface area contributed by atoms with E-state index in [-0.39, 0.29) is 18.4 Å². The van der Waals surface area contributed by atoms with E-state index in [2.05, 4.69) is 5.32 Å². The molecule has 0 radical (unpaired) electrons. The first-order valence-electron chi connectivity index (χ1n) is 9.51. The van der Waals surface area contributed by atoms with Crippen LogP contribution in [0.25, 0.3) is 0 Å². The zero-order valence-electron chi connectivity index (χ0n) is 16.7. The highest BCUT2D eigenvalue weighted by molar-refractivity contribution is 6.31. The number of carboxylic acid groups (broad SMARTS) is 1. The van der Waals surface area contributed by atoms with Gasteiger partial charge in [0.05, 0.1) is 30.4 Å². The molecule has 1 aromatic rings. The number of hydrogen-bond donors (Lipinski definition) is 2. The van der Waals surface area contributed by atoms with Crippen LogP contribution >= 0.6 is 11.6 Å². The molecule has 2 amide bonds. The number of hydroxylamine groups is 2. The van der Waals surface area contributed by atoms with E-state index in [1.54, 1.807) is 18.2 Å². The quantitative estimate of drug-likeness (QED) is 0.709.